The third kappa shape index (κ3) is 25.9. The average molecular weight is 242 g/mol. The lowest BCUT2D eigenvalue weighted by Crippen LogP contribution is -2.08. The van der Waals surface area contributed by atoms with Crippen molar-refractivity contribution in [3.05, 3.63) is 0 Å². The summed E-state index contributed by atoms with van der Waals surface area (Å²) in [5.74, 6) is 0.843. The van der Waals surface area contributed by atoms with Crippen LogP contribution in [0.4, 0.5) is 0 Å². The predicted octanol–water partition coefficient (Wildman–Crippen LogP) is 6.84. The Morgan fingerprint density at radius 3 is 1.24 bits per heavy atom. The molecule has 106 valence electrons. The molecule has 0 fully saturated rings. The largest absolute Gasteiger partial charge is 0.0654 e. The Morgan fingerprint density at radius 2 is 1.06 bits per heavy atom. The first kappa shape index (κ1) is 19.3. The van der Waals surface area contributed by atoms with E-state index in [4.69, 9.17) is 0 Å². The standard InChI is InChI=1S/C9H20.C8H18/c1-3-5-7-9-8-6-4-2;1-7(2)6-8(3,4)5/h3-9H2,1-2H3;7H,6H2,1-5H3. The molecule has 0 aliphatic heterocycles. The van der Waals surface area contributed by atoms with Crippen LogP contribution >= 0.6 is 0 Å². The predicted molar refractivity (Wildman–Crippen MR) is 82.6 cm³/mol. The molecule has 0 radical (unpaired) electrons. The summed E-state index contributed by atoms with van der Waals surface area (Å²) in [5, 5.41) is 0. The van der Waals surface area contributed by atoms with Gasteiger partial charge in [0.2, 0.25) is 0 Å². The fourth-order valence-electron chi connectivity index (χ4n) is 2.26. The average Bonchev–Trinajstić information content (AvgIpc) is 2.15. The van der Waals surface area contributed by atoms with Crippen LogP contribution < -0.4 is 0 Å². The van der Waals surface area contributed by atoms with E-state index in [1.807, 2.05) is 0 Å². The van der Waals surface area contributed by atoms with Crippen LogP contribution in [0.15, 0.2) is 0 Å². The quantitative estimate of drug-likeness (QED) is 0.429. The van der Waals surface area contributed by atoms with E-state index in [2.05, 4.69) is 48.5 Å². The smallest absolute Gasteiger partial charge is 0.0380 e. The lowest BCUT2D eigenvalue weighted by atomic mass is 9.86. The Hall–Kier alpha value is 0. The molecule has 17 heavy (non-hydrogen) atoms. The van der Waals surface area contributed by atoms with Crippen molar-refractivity contribution in [1.82, 2.24) is 0 Å². The topological polar surface area (TPSA) is 0 Å². The van der Waals surface area contributed by atoms with Gasteiger partial charge in [-0.05, 0) is 17.8 Å². The second-order valence-corrected chi connectivity index (χ2v) is 6.93. The van der Waals surface area contributed by atoms with E-state index in [1.165, 1.54) is 51.4 Å². The number of hydrogen-bond acceptors (Lipinski definition) is 0. The molecule has 0 bridgehead atoms. The molecule has 0 saturated heterocycles. The molecule has 0 saturated carbocycles. The first-order chi connectivity index (χ1) is 7.83. The minimum absolute atomic E-state index is 0.522. The van der Waals surface area contributed by atoms with Crippen molar-refractivity contribution in [2.24, 2.45) is 11.3 Å². The van der Waals surface area contributed by atoms with Gasteiger partial charge in [-0.3, -0.25) is 0 Å². The maximum atomic E-state index is 2.28. The summed E-state index contributed by atoms with van der Waals surface area (Å²) < 4.78 is 0. The van der Waals surface area contributed by atoms with Crippen molar-refractivity contribution in [3.63, 3.8) is 0 Å². The normalized spacial score (nSPS) is 11.3. The van der Waals surface area contributed by atoms with Gasteiger partial charge in [0, 0.05) is 0 Å². The molecule has 0 aromatic carbocycles. The van der Waals surface area contributed by atoms with Gasteiger partial charge in [-0.15, -0.1) is 0 Å². The van der Waals surface area contributed by atoms with Crippen molar-refractivity contribution in [1.29, 1.82) is 0 Å². The molecule has 0 unspecified atom stereocenters. The van der Waals surface area contributed by atoms with E-state index in [9.17, 15) is 0 Å². The Morgan fingerprint density at radius 1 is 0.706 bits per heavy atom. The van der Waals surface area contributed by atoms with E-state index in [0.717, 1.165) is 5.92 Å². The van der Waals surface area contributed by atoms with Crippen LogP contribution in [0.3, 0.4) is 0 Å². The number of hydrogen-bond donors (Lipinski definition) is 0. The minimum atomic E-state index is 0.522. The van der Waals surface area contributed by atoms with Gasteiger partial charge in [0.15, 0.2) is 0 Å². The van der Waals surface area contributed by atoms with E-state index in [1.54, 1.807) is 0 Å². The maximum Gasteiger partial charge on any atom is -0.0380 e. The Bertz CT molecular complexity index is 121. The lowest BCUT2D eigenvalue weighted by molar-refractivity contribution is 0.320. The molecule has 0 aliphatic rings. The zero-order valence-corrected chi connectivity index (χ0v) is 13.7. The molecular formula is C17H38. The molecule has 0 spiro atoms. The van der Waals surface area contributed by atoms with Crippen molar-refractivity contribution in [2.75, 3.05) is 0 Å². The summed E-state index contributed by atoms with van der Waals surface area (Å²) in [4.78, 5) is 0. The zero-order chi connectivity index (χ0) is 13.7. The van der Waals surface area contributed by atoms with Gasteiger partial charge in [0.05, 0.1) is 0 Å². The fourth-order valence-corrected chi connectivity index (χ4v) is 2.26. The van der Waals surface area contributed by atoms with Gasteiger partial charge >= 0.3 is 0 Å². The van der Waals surface area contributed by atoms with Crippen LogP contribution in [-0.2, 0) is 0 Å². The van der Waals surface area contributed by atoms with E-state index < -0.39 is 0 Å². The van der Waals surface area contributed by atoms with Gasteiger partial charge in [-0.25, -0.2) is 0 Å². The van der Waals surface area contributed by atoms with Crippen molar-refractivity contribution >= 4 is 0 Å². The summed E-state index contributed by atoms with van der Waals surface area (Å²) in [5.41, 5.74) is 0.522. The molecule has 0 heterocycles. The Balaban J connectivity index is 0. The van der Waals surface area contributed by atoms with Gasteiger partial charge in [0.1, 0.15) is 0 Å². The molecule has 0 aliphatic carbocycles. The summed E-state index contributed by atoms with van der Waals surface area (Å²) in [6.07, 6.45) is 11.3. The third-order valence-corrected chi connectivity index (χ3v) is 2.73. The van der Waals surface area contributed by atoms with E-state index >= 15 is 0 Å². The van der Waals surface area contributed by atoms with Gasteiger partial charge in [-0.2, -0.15) is 0 Å². The molecule has 0 amide bonds. The molecular weight excluding hydrogens is 204 g/mol. The molecule has 0 nitrogen and oxygen atoms in total. The first-order valence-corrected chi connectivity index (χ1v) is 7.83. The lowest BCUT2D eigenvalue weighted by Gasteiger charge is -2.19. The third-order valence-electron chi connectivity index (χ3n) is 2.73. The highest BCUT2D eigenvalue weighted by Crippen LogP contribution is 2.23. The van der Waals surface area contributed by atoms with Crippen LogP contribution in [0.5, 0.6) is 0 Å². The van der Waals surface area contributed by atoms with Gasteiger partial charge in [0.25, 0.3) is 0 Å². The van der Waals surface area contributed by atoms with Crippen LogP contribution in [0.25, 0.3) is 0 Å². The molecule has 0 N–H and O–H groups in total. The summed E-state index contributed by atoms with van der Waals surface area (Å²) in [6.45, 7) is 15.9. The second-order valence-electron chi connectivity index (χ2n) is 6.93. The minimum Gasteiger partial charge on any atom is -0.0654 e. The molecule has 0 aromatic heterocycles. The van der Waals surface area contributed by atoms with E-state index in [-0.39, 0.29) is 0 Å². The zero-order valence-electron chi connectivity index (χ0n) is 13.7. The second kappa shape index (κ2) is 12.5. The van der Waals surface area contributed by atoms with Gasteiger partial charge < -0.3 is 0 Å². The molecule has 0 heteroatoms. The summed E-state index contributed by atoms with van der Waals surface area (Å²) in [6, 6.07) is 0. The monoisotopic (exact) mass is 242 g/mol. The fraction of sp³-hybridized carbons (Fsp3) is 1.00. The highest BCUT2D eigenvalue weighted by molar-refractivity contribution is 4.62. The Kier molecular flexibility index (Phi) is 14.2. The number of rotatable bonds is 7. The Labute approximate surface area is 112 Å². The molecule has 0 aromatic rings. The van der Waals surface area contributed by atoms with Crippen molar-refractivity contribution in [3.8, 4) is 0 Å². The highest BCUT2D eigenvalue weighted by Gasteiger charge is 2.11. The van der Waals surface area contributed by atoms with E-state index in [0.29, 0.717) is 5.41 Å². The van der Waals surface area contributed by atoms with Gasteiger partial charge in [-0.1, -0.05) is 93.4 Å². The molecule has 0 atom stereocenters. The van der Waals surface area contributed by atoms with Crippen molar-refractivity contribution in [2.45, 2.75) is 99.8 Å². The van der Waals surface area contributed by atoms with Crippen LogP contribution in [0, 0.1) is 11.3 Å². The number of unbranched alkanes of at least 4 members (excludes halogenated alkanes) is 6. The first-order valence-electron chi connectivity index (χ1n) is 7.83. The van der Waals surface area contributed by atoms with Crippen LogP contribution in [-0.4, -0.2) is 0 Å². The maximum absolute atomic E-state index is 2.28. The van der Waals surface area contributed by atoms with Crippen LogP contribution in [0.2, 0.25) is 0 Å². The summed E-state index contributed by atoms with van der Waals surface area (Å²) in [7, 11) is 0. The van der Waals surface area contributed by atoms with Crippen molar-refractivity contribution < 1.29 is 0 Å². The van der Waals surface area contributed by atoms with Crippen LogP contribution in [0.1, 0.15) is 99.8 Å². The highest BCUT2D eigenvalue weighted by atomic mass is 14.2. The summed E-state index contributed by atoms with van der Waals surface area (Å²) >= 11 is 0. The SMILES string of the molecule is CC(C)CC(C)(C)C.CCCCCCCCC. The molecule has 0 rings (SSSR count).